The standard InChI is InChI=1S/C14H24O2S/c1-11-7-5-6-8-12(11)9-16-13(15)10-17-14(2,3)4/h5-6,11-12H,7-10H2,1-4H3/t11-,12+/m0/s1. The van der Waals surface area contributed by atoms with Crippen molar-refractivity contribution < 1.29 is 9.53 Å². The van der Waals surface area contributed by atoms with Gasteiger partial charge in [-0.1, -0.05) is 39.8 Å². The monoisotopic (exact) mass is 256 g/mol. The molecule has 0 radical (unpaired) electrons. The number of hydrogen-bond acceptors (Lipinski definition) is 3. The fourth-order valence-corrected chi connectivity index (χ4v) is 2.39. The molecule has 0 aromatic carbocycles. The first-order chi connectivity index (χ1) is 7.88. The molecule has 0 N–H and O–H groups in total. The quantitative estimate of drug-likeness (QED) is 0.567. The summed E-state index contributed by atoms with van der Waals surface area (Å²) in [6.07, 6.45) is 6.57. The molecule has 17 heavy (non-hydrogen) atoms. The minimum absolute atomic E-state index is 0.0771. The van der Waals surface area contributed by atoms with E-state index in [9.17, 15) is 4.79 Å². The first-order valence-corrected chi connectivity index (χ1v) is 7.31. The molecular weight excluding hydrogens is 232 g/mol. The zero-order valence-electron chi connectivity index (χ0n) is 11.4. The Balaban J connectivity index is 2.21. The van der Waals surface area contributed by atoms with Gasteiger partial charge in [-0.15, -0.1) is 11.8 Å². The summed E-state index contributed by atoms with van der Waals surface area (Å²) >= 11 is 1.64. The van der Waals surface area contributed by atoms with Crippen molar-refractivity contribution in [3.05, 3.63) is 12.2 Å². The van der Waals surface area contributed by atoms with Gasteiger partial charge in [0.05, 0.1) is 12.4 Å². The molecule has 0 spiro atoms. The Hall–Kier alpha value is -0.440. The number of thioether (sulfide) groups is 1. The summed E-state index contributed by atoms with van der Waals surface area (Å²) in [7, 11) is 0. The van der Waals surface area contributed by atoms with Gasteiger partial charge in [0.2, 0.25) is 0 Å². The highest BCUT2D eigenvalue weighted by Gasteiger charge is 2.20. The highest BCUT2D eigenvalue weighted by atomic mass is 32.2. The zero-order chi connectivity index (χ0) is 12.9. The molecule has 0 unspecified atom stereocenters. The second kappa shape index (κ2) is 6.48. The van der Waals surface area contributed by atoms with E-state index in [1.807, 2.05) is 0 Å². The van der Waals surface area contributed by atoms with Crippen LogP contribution >= 0.6 is 11.8 Å². The number of allylic oxidation sites excluding steroid dienone is 2. The molecule has 3 heteroatoms. The highest BCUT2D eigenvalue weighted by molar-refractivity contribution is 8.01. The SMILES string of the molecule is C[C@H]1CC=CC[C@@H]1COC(=O)CSC(C)(C)C. The van der Waals surface area contributed by atoms with Gasteiger partial charge in [0.1, 0.15) is 0 Å². The van der Waals surface area contributed by atoms with Crippen LogP contribution in [0.15, 0.2) is 12.2 Å². The van der Waals surface area contributed by atoms with Gasteiger partial charge in [-0.25, -0.2) is 0 Å². The van der Waals surface area contributed by atoms with Gasteiger partial charge in [0.15, 0.2) is 0 Å². The third-order valence-corrected chi connectivity index (χ3v) is 4.25. The van der Waals surface area contributed by atoms with E-state index in [1.165, 1.54) is 0 Å². The van der Waals surface area contributed by atoms with Crippen LogP contribution in [0.3, 0.4) is 0 Å². The van der Waals surface area contributed by atoms with Crippen molar-refractivity contribution in [1.29, 1.82) is 0 Å². The average Bonchev–Trinajstić information content (AvgIpc) is 2.24. The smallest absolute Gasteiger partial charge is 0.315 e. The van der Waals surface area contributed by atoms with Gasteiger partial charge in [0.25, 0.3) is 0 Å². The molecule has 0 saturated carbocycles. The second-order valence-electron chi connectivity index (χ2n) is 5.76. The van der Waals surface area contributed by atoms with Crippen LogP contribution in [0.4, 0.5) is 0 Å². The molecule has 2 atom stereocenters. The summed E-state index contributed by atoms with van der Waals surface area (Å²) in [4.78, 5) is 11.6. The van der Waals surface area contributed by atoms with Crippen LogP contribution in [0, 0.1) is 11.8 Å². The fraction of sp³-hybridized carbons (Fsp3) is 0.786. The predicted molar refractivity (Wildman–Crippen MR) is 74.2 cm³/mol. The van der Waals surface area contributed by atoms with Gasteiger partial charge in [-0.2, -0.15) is 0 Å². The molecule has 98 valence electrons. The Morgan fingerprint density at radius 3 is 2.59 bits per heavy atom. The summed E-state index contributed by atoms with van der Waals surface area (Å²) in [5.41, 5.74) is 0. The van der Waals surface area contributed by atoms with Crippen LogP contribution in [0.2, 0.25) is 0 Å². The lowest BCUT2D eigenvalue weighted by Gasteiger charge is -2.25. The third kappa shape index (κ3) is 6.16. The van der Waals surface area contributed by atoms with Crippen molar-refractivity contribution in [1.82, 2.24) is 0 Å². The summed E-state index contributed by atoms with van der Waals surface area (Å²) in [6.45, 7) is 9.14. The van der Waals surface area contributed by atoms with Crippen molar-refractivity contribution in [2.75, 3.05) is 12.4 Å². The molecule has 0 fully saturated rings. The van der Waals surface area contributed by atoms with E-state index in [4.69, 9.17) is 4.74 Å². The third-order valence-electron chi connectivity index (χ3n) is 3.00. The molecular formula is C14H24O2S. The normalized spacial score (nSPS) is 24.7. The Morgan fingerprint density at radius 1 is 1.35 bits per heavy atom. The summed E-state index contributed by atoms with van der Waals surface area (Å²) in [5.74, 6) is 1.51. The van der Waals surface area contributed by atoms with Crippen LogP contribution in [0.25, 0.3) is 0 Å². The van der Waals surface area contributed by atoms with Crippen LogP contribution < -0.4 is 0 Å². The maximum atomic E-state index is 11.6. The number of rotatable bonds is 4. The van der Waals surface area contributed by atoms with Gasteiger partial charge in [-0.3, -0.25) is 4.79 Å². The van der Waals surface area contributed by atoms with E-state index >= 15 is 0 Å². The van der Waals surface area contributed by atoms with Crippen molar-refractivity contribution in [2.24, 2.45) is 11.8 Å². The second-order valence-corrected chi connectivity index (χ2v) is 7.57. The number of carbonyl (C=O) groups excluding carboxylic acids is 1. The number of ether oxygens (including phenoxy) is 1. The Morgan fingerprint density at radius 2 is 2.00 bits per heavy atom. The maximum Gasteiger partial charge on any atom is 0.315 e. The van der Waals surface area contributed by atoms with Crippen molar-refractivity contribution in [3.63, 3.8) is 0 Å². The lowest BCUT2D eigenvalue weighted by Crippen LogP contribution is -2.23. The molecule has 0 saturated heterocycles. The molecule has 0 aromatic rings. The first-order valence-electron chi connectivity index (χ1n) is 6.33. The van der Waals surface area contributed by atoms with E-state index in [1.54, 1.807) is 11.8 Å². The van der Waals surface area contributed by atoms with Gasteiger partial charge < -0.3 is 4.74 Å². The molecule has 0 bridgehead atoms. The lowest BCUT2D eigenvalue weighted by atomic mass is 9.85. The Labute approximate surface area is 109 Å². The minimum Gasteiger partial charge on any atom is -0.465 e. The van der Waals surface area contributed by atoms with Gasteiger partial charge in [-0.05, 0) is 24.7 Å². The van der Waals surface area contributed by atoms with Crippen LogP contribution in [0.5, 0.6) is 0 Å². The molecule has 0 heterocycles. The van der Waals surface area contributed by atoms with E-state index in [-0.39, 0.29) is 10.7 Å². The zero-order valence-corrected chi connectivity index (χ0v) is 12.2. The number of carbonyl (C=O) groups is 1. The minimum atomic E-state index is -0.0771. The molecule has 0 amide bonds. The molecule has 1 aliphatic rings. The Bertz CT molecular complexity index is 278. The van der Waals surface area contributed by atoms with Gasteiger partial charge in [0, 0.05) is 4.75 Å². The van der Waals surface area contributed by atoms with Crippen molar-refractivity contribution >= 4 is 17.7 Å². The molecule has 0 aliphatic heterocycles. The molecule has 2 nitrogen and oxygen atoms in total. The molecule has 1 aliphatic carbocycles. The maximum absolute atomic E-state index is 11.6. The van der Waals surface area contributed by atoms with E-state index in [2.05, 4.69) is 39.8 Å². The van der Waals surface area contributed by atoms with E-state index in [0.29, 0.717) is 24.2 Å². The largest absolute Gasteiger partial charge is 0.465 e. The van der Waals surface area contributed by atoms with Crippen LogP contribution in [0.1, 0.15) is 40.5 Å². The number of hydrogen-bond donors (Lipinski definition) is 0. The topological polar surface area (TPSA) is 26.3 Å². The van der Waals surface area contributed by atoms with Crippen LogP contribution in [-0.2, 0) is 9.53 Å². The first kappa shape index (κ1) is 14.6. The molecule has 1 rings (SSSR count). The predicted octanol–water partition coefficient (Wildman–Crippen LogP) is 3.66. The molecule has 0 aromatic heterocycles. The van der Waals surface area contributed by atoms with Crippen LogP contribution in [-0.4, -0.2) is 23.1 Å². The van der Waals surface area contributed by atoms with Crippen molar-refractivity contribution in [3.8, 4) is 0 Å². The van der Waals surface area contributed by atoms with Gasteiger partial charge >= 0.3 is 5.97 Å². The fourth-order valence-electron chi connectivity index (χ4n) is 1.76. The number of esters is 1. The Kier molecular flexibility index (Phi) is 5.57. The highest BCUT2D eigenvalue weighted by Crippen LogP contribution is 2.26. The van der Waals surface area contributed by atoms with E-state index < -0.39 is 0 Å². The lowest BCUT2D eigenvalue weighted by molar-refractivity contribution is -0.142. The summed E-state index contributed by atoms with van der Waals surface area (Å²) < 4.78 is 5.48. The average molecular weight is 256 g/mol. The summed E-state index contributed by atoms with van der Waals surface area (Å²) in [6, 6.07) is 0. The van der Waals surface area contributed by atoms with Crippen molar-refractivity contribution in [2.45, 2.75) is 45.3 Å². The van der Waals surface area contributed by atoms with E-state index in [0.717, 1.165) is 12.8 Å². The summed E-state index contributed by atoms with van der Waals surface area (Å²) in [5, 5.41) is 0.